The first-order chi connectivity index (χ1) is 14.0. The van der Waals surface area contributed by atoms with Crippen LogP contribution < -0.4 is 0 Å². The van der Waals surface area contributed by atoms with Gasteiger partial charge in [0.15, 0.2) is 5.82 Å². The van der Waals surface area contributed by atoms with E-state index in [2.05, 4.69) is 27.1 Å². The highest BCUT2D eigenvalue weighted by Gasteiger charge is 2.38. The van der Waals surface area contributed by atoms with Gasteiger partial charge >= 0.3 is 0 Å². The maximum Gasteiger partial charge on any atom is 0.289 e. The number of nitrogens with zero attached hydrogens (tertiary/aromatic N) is 6. The molecule has 0 radical (unpaired) electrons. The van der Waals surface area contributed by atoms with Crippen molar-refractivity contribution in [1.29, 1.82) is 0 Å². The molecule has 1 aliphatic rings. The highest BCUT2D eigenvalue weighted by atomic mass is 16.3. The fourth-order valence-corrected chi connectivity index (χ4v) is 3.90. The average Bonchev–Trinajstić information content (AvgIpc) is 3.33. The number of aromatic nitrogens is 4. The minimum Gasteiger partial charge on any atom is -0.385 e. The van der Waals surface area contributed by atoms with Crippen molar-refractivity contribution in [2.75, 3.05) is 26.2 Å². The summed E-state index contributed by atoms with van der Waals surface area (Å²) in [6.07, 6.45) is 6.89. The van der Waals surface area contributed by atoms with E-state index in [1.165, 1.54) is 5.56 Å². The van der Waals surface area contributed by atoms with Gasteiger partial charge < -0.3 is 14.6 Å². The van der Waals surface area contributed by atoms with E-state index in [1.807, 2.05) is 30.5 Å². The number of imidazole rings is 1. The van der Waals surface area contributed by atoms with Crippen LogP contribution in [0.4, 0.5) is 0 Å². The lowest BCUT2D eigenvalue weighted by Crippen LogP contribution is -2.51. The fourth-order valence-electron chi connectivity index (χ4n) is 3.90. The molecule has 0 bridgehead atoms. The molecule has 1 saturated heterocycles. The van der Waals surface area contributed by atoms with Crippen LogP contribution >= 0.6 is 0 Å². The normalized spacial score (nSPS) is 20.6. The van der Waals surface area contributed by atoms with Crippen LogP contribution in [0.3, 0.4) is 0 Å². The zero-order valence-electron chi connectivity index (χ0n) is 16.6. The first-order valence-electron chi connectivity index (χ1n) is 9.75. The number of hydrogen-bond donors (Lipinski definition) is 1. The summed E-state index contributed by atoms with van der Waals surface area (Å²) in [5.74, 6) is 0.209. The fraction of sp³-hybridized carbons (Fsp3) is 0.381. The Hall–Kier alpha value is -2.97. The van der Waals surface area contributed by atoms with Gasteiger partial charge in [0.1, 0.15) is 5.60 Å². The Morgan fingerprint density at radius 1 is 1.10 bits per heavy atom. The van der Waals surface area contributed by atoms with Crippen molar-refractivity contribution in [2.24, 2.45) is 7.05 Å². The van der Waals surface area contributed by atoms with Gasteiger partial charge in [-0.15, -0.1) is 0 Å². The molecule has 4 rings (SSSR count). The molecule has 0 aliphatic carbocycles. The van der Waals surface area contributed by atoms with Gasteiger partial charge in [-0.3, -0.25) is 14.4 Å². The van der Waals surface area contributed by atoms with Crippen LogP contribution in [0, 0.1) is 0 Å². The monoisotopic (exact) mass is 394 g/mol. The molecule has 1 fully saturated rings. The molecule has 1 atom stereocenters. The predicted molar refractivity (Wildman–Crippen MR) is 108 cm³/mol. The summed E-state index contributed by atoms with van der Waals surface area (Å²) < 4.78 is 3.43. The molecule has 0 saturated carbocycles. The highest BCUT2D eigenvalue weighted by Crippen LogP contribution is 2.20. The van der Waals surface area contributed by atoms with Crippen molar-refractivity contribution in [3.63, 3.8) is 0 Å². The van der Waals surface area contributed by atoms with Gasteiger partial charge in [-0.05, 0) is 11.6 Å². The Morgan fingerprint density at radius 2 is 1.93 bits per heavy atom. The quantitative estimate of drug-likeness (QED) is 0.699. The Kier molecular flexibility index (Phi) is 5.46. The second kappa shape index (κ2) is 8.18. The van der Waals surface area contributed by atoms with Gasteiger partial charge in [0.2, 0.25) is 0 Å². The molecule has 8 heteroatoms. The minimum absolute atomic E-state index is 0.169. The van der Waals surface area contributed by atoms with Crippen LogP contribution in [0.2, 0.25) is 0 Å². The largest absolute Gasteiger partial charge is 0.385 e. The number of rotatable bonds is 5. The molecule has 8 nitrogen and oxygen atoms in total. The van der Waals surface area contributed by atoms with Gasteiger partial charge in [0.25, 0.3) is 5.91 Å². The molecule has 2 aromatic heterocycles. The number of aryl methyl sites for hydroxylation is 1. The first-order valence-corrected chi connectivity index (χ1v) is 9.75. The first kappa shape index (κ1) is 19.4. The number of β-amino-alcohol motifs (C(OH)–C–C–N with tert-alkyl or cyclic N) is 1. The van der Waals surface area contributed by atoms with Gasteiger partial charge in [0, 0.05) is 58.0 Å². The lowest BCUT2D eigenvalue weighted by Gasteiger charge is -2.33. The number of benzene rings is 1. The standard InChI is InChI=1S/C21H26N6O2/c1-24-11-9-22-19(24)20(28)26-13-12-25(14-18-6-3-2-4-7-18)15-21(29,16-26)17-27-10-5-8-23-27/h2-11,29H,12-17H2,1H3/t21-/m1/s1. The maximum absolute atomic E-state index is 13.1. The number of carbonyl (C=O) groups excluding carboxylic acids is 1. The minimum atomic E-state index is -1.13. The SMILES string of the molecule is Cn1ccnc1C(=O)N1CCN(Cc2ccccc2)C[C@](O)(Cn2cccn2)C1. The van der Waals surface area contributed by atoms with Crippen molar-refractivity contribution in [3.05, 3.63) is 72.6 Å². The molecule has 29 heavy (non-hydrogen) atoms. The predicted octanol–water partition coefficient (Wildman–Crippen LogP) is 1.01. The molecule has 1 aromatic carbocycles. The van der Waals surface area contributed by atoms with Crippen LogP contribution in [0.15, 0.2) is 61.2 Å². The number of amides is 1. The maximum atomic E-state index is 13.1. The molecule has 0 spiro atoms. The number of aliphatic hydroxyl groups is 1. The Morgan fingerprint density at radius 3 is 2.62 bits per heavy atom. The van der Waals surface area contributed by atoms with Crippen LogP contribution in [0.25, 0.3) is 0 Å². The zero-order valence-corrected chi connectivity index (χ0v) is 16.6. The van der Waals surface area contributed by atoms with E-state index in [-0.39, 0.29) is 12.5 Å². The van der Waals surface area contributed by atoms with Gasteiger partial charge in [-0.1, -0.05) is 30.3 Å². The van der Waals surface area contributed by atoms with E-state index in [4.69, 9.17) is 0 Å². The molecule has 1 N–H and O–H groups in total. The van der Waals surface area contributed by atoms with Gasteiger partial charge in [-0.25, -0.2) is 4.98 Å². The van der Waals surface area contributed by atoms with Crippen LogP contribution in [-0.2, 0) is 20.1 Å². The number of carbonyl (C=O) groups is 1. The van der Waals surface area contributed by atoms with Crippen LogP contribution in [-0.4, -0.2) is 71.9 Å². The van der Waals surface area contributed by atoms with E-state index in [0.29, 0.717) is 38.5 Å². The van der Waals surface area contributed by atoms with E-state index in [9.17, 15) is 9.90 Å². The van der Waals surface area contributed by atoms with E-state index in [0.717, 1.165) is 0 Å². The summed E-state index contributed by atoms with van der Waals surface area (Å²) >= 11 is 0. The topological polar surface area (TPSA) is 79.4 Å². The van der Waals surface area contributed by atoms with E-state index < -0.39 is 5.60 Å². The Bertz CT molecular complexity index is 939. The Labute approximate surface area is 170 Å². The highest BCUT2D eigenvalue weighted by molar-refractivity contribution is 5.90. The number of hydrogen-bond acceptors (Lipinski definition) is 5. The van der Waals surface area contributed by atoms with Crippen LogP contribution in [0.1, 0.15) is 16.2 Å². The summed E-state index contributed by atoms with van der Waals surface area (Å²) in [5.41, 5.74) is 0.0517. The summed E-state index contributed by atoms with van der Waals surface area (Å²) in [4.78, 5) is 21.2. The lowest BCUT2D eigenvalue weighted by molar-refractivity contribution is -0.0186. The summed E-state index contributed by atoms with van der Waals surface area (Å²) in [6, 6.07) is 12.0. The van der Waals surface area contributed by atoms with E-state index >= 15 is 0 Å². The van der Waals surface area contributed by atoms with Crippen molar-refractivity contribution in [1.82, 2.24) is 29.1 Å². The third-order valence-corrected chi connectivity index (χ3v) is 5.25. The second-order valence-electron chi connectivity index (χ2n) is 7.71. The second-order valence-corrected chi connectivity index (χ2v) is 7.71. The van der Waals surface area contributed by atoms with Crippen molar-refractivity contribution >= 4 is 5.91 Å². The van der Waals surface area contributed by atoms with Crippen molar-refractivity contribution in [2.45, 2.75) is 18.7 Å². The smallest absolute Gasteiger partial charge is 0.289 e. The molecule has 1 amide bonds. The molecule has 152 valence electrons. The van der Waals surface area contributed by atoms with Gasteiger partial charge in [-0.2, -0.15) is 5.10 Å². The summed E-state index contributed by atoms with van der Waals surface area (Å²) in [7, 11) is 1.80. The molecule has 3 heterocycles. The van der Waals surface area contributed by atoms with E-state index in [1.54, 1.807) is 39.8 Å². The summed E-state index contributed by atoms with van der Waals surface area (Å²) in [6.45, 7) is 2.91. The average molecular weight is 394 g/mol. The summed E-state index contributed by atoms with van der Waals surface area (Å²) in [5, 5.41) is 15.8. The molecule has 1 aliphatic heterocycles. The molecular weight excluding hydrogens is 368 g/mol. The lowest BCUT2D eigenvalue weighted by atomic mass is 10.0. The molecule has 0 unspecified atom stereocenters. The molecular formula is C21H26N6O2. The van der Waals surface area contributed by atoms with Crippen LogP contribution in [0.5, 0.6) is 0 Å². The Balaban J connectivity index is 1.58. The van der Waals surface area contributed by atoms with Gasteiger partial charge in [0.05, 0.1) is 13.1 Å². The molecule has 3 aromatic rings. The zero-order chi connectivity index (χ0) is 20.3. The third-order valence-electron chi connectivity index (χ3n) is 5.25. The third kappa shape index (κ3) is 4.55. The van der Waals surface area contributed by atoms with Crippen molar-refractivity contribution < 1.29 is 9.90 Å². The van der Waals surface area contributed by atoms with Crippen molar-refractivity contribution in [3.8, 4) is 0 Å².